The first-order chi connectivity index (χ1) is 10.3. The lowest BCUT2D eigenvalue weighted by atomic mass is 9.97. The molecule has 2 aliphatic rings. The molecule has 116 valence electrons. The maximum Gasteiger partial charge on any atom is 0.119 e. The van der Waals surface area contributed by atoms with E-state index in [0.717, 1.165) is 31.4 Å². The Kier molecular flexibility index (Phi) is 5.15. The average molecular weight is 288 g/mol. The van der Waals surface area contributed by atoms with Crippen LogP contribution in [0.25, 0.3) is 0 Å². The molecule has 2 atom stereocenters. The first kappa shape index (κ1) is 14.9. The predicted octanol–water partition coefficient (Wildman–Crippen LogP) is 3.19. The summed E-state index contributed by atoms with van der Waals surface area (Å²) in [5, 5.41) is 3.75. The molecule has 0 amide bonds. The van der Waals surface area contributed by atoms with Crippen LogP contribution in [-0.4, -0.2) is 36.7 Å². The molecule has 0 spiro atoms. The third-order valence-electron chi connectivity index (χ3n) is 4.81. The lowest BCUT2D eigenvalue weighted by molar-refractivity contribution is 0.166. The highest BCUT2D eigenvalue weighted by atomic mass is 16.5. The van der Waals surface area contributed by atoms with Gasteiger partial charge in [-0.15, -0.1) is 0 Å². The molecule has 0 aromatic heterocycles. The van der Waals surface area contributed by atoms with Gasteiger partial charge in [-0.3, -0.25) is 0 Å². The van der Waals surface area contributed by atoms with Crippen molar-refractivity contribution in [1.82, 2.24) is 10.2 Å². The minimum Gasteiger partial charge on any atom is -0.494 e. The molecule has 2 fully saturated rings. The molecule has 0 saturated carbocycles. The van der Waals surface area contributed by atoms with Gasteiger partial charge in [0.05, 0.1) is 6.61 Å². The summed E-state index contributed by atoms with van der Waals surface area (Å²) in [4.78, 5) is 2.68. The molecule has 3 heteroatoms. The summed E-state index contributed by atoms with van der Waals surface area (Å²) < 4.78 is 5.63. The zero-order valence-electron chi connectivity index (χ0n) is 13.2. The van der Waals surface area contributed by atoms with E-state index in [0.29, 0.717) is 6.04 Å². The van der Waals surface area contributed by atoms with Crippen LogP contribution in [0, 0.1) is 0 Å². The van der Waals surface area contributed by atoms with Crippen molar-refractivity contribution in [1.29, 1.82) is 0 Å². The van der Waals surface area contributed by atoms with E-state index in [2.05, 4.69) is 41.4 Å². The van der Waals surface area contributed by atoms with Gasteiger partial charge in [-0.2, -0.15) is 0 Å². The van der Waals surface area contributed by atoms with E-state index in [1.165, 1.54) is 44.3 Å². The average Bonchev–Trinajstić information content (AvgIpc) is 2.99. The molecule has 2 aliphatic heterocycles. The van der Waals surface area contributed by atoms with E-state index in [9.17, 15) is 0 Å². The highest BCUT2D eigenvalue weighted by molar-refractivity contribution is 5.27. The largest absolute Gasteiger partial charge is 0.494 e. The summed E-state index contributed by atoms with van der Waals surface area (Å²) in [5.41, 5.74) is 1.35. The summed E-state index contributed by atoms with van der Waals surface area (Å²) in [7, 11) is 0. The van der Waals surface area contributed by atoms with Gasteiger partial charge < -0.3 is 15.0 Å². The minimum atomic E-state index is 0.695. The Morgan fingerprint density at radius 2 is 2.05 bits per heavy atom. The second kappa shape index (κ2) is 7.28. The fraction of sp³-hybridized carbons (Fsp3) is 0.667. The molecule has 1 aromatic rings. The lowest BCUT2D eigenvalue weighted by Gasteiger charge is -2.35. The molecule has 0 radical (unpaired) electrons. The summed E-state index contributed by atoms with van der Waals surface area (Å²) >= 11 is 0. The molecule has 0 bridgehead atoms. The van der Waals surface area contributed by atoms with Crippen molar-refractivity contribution in [2.75, 3.05) is 19.7 Å². The van der Waals surface area contributed by atoms with Crippen molar-refractivity contribution >= 4 is 0 Å². The molecule has 1 N–H and O–H groups in total. The fourth-order valence-corrected chi connectivity index (χ4v) is 3.60. The van der Waals surface area contributed by atoms with E-state index in [4.69, 9.17) is 4.74 Å². The molecule has 1 aromatic carbocycles. The highest BCUT2D eigenvalue weighted by Gasteiger charge is 2.31. The standard InChI is InChI=1S/C18H28N2O/c1-2-12-21-18-7-5-15(6-8-18)14-19-16-9-11-20-10-3-4-17(20)13-16/h5-8,16-17,19H,2-4,9-14H2,1H3. The van der Waals surface area contributed by atoms with Crippen molar-refractivity contribution in [2.45, 2.75) is 57.7 Å². The van der Waals surface area contributed by atoms with Crippen LogP contribution in [0.1, 0.15) is 44.6 Å². The Balaban J connectivity index is 1.44. The number of ether oxygens (including phenoxy) is 1. The summed E-state index contributed by atoms with van der Waals surface area (Å²) in [6.07, 6.45) is 6.49. The topological polar surface area (TPSA) is 24.5 Å². The second-order valence-electron chi connectivity index (χ2n) is 6.43. The van der Waals surface area contributed by atoms with Crippen LogP contribution in [0.3, 0.4) is 0 Å². The van der Waals surface area contributed by atoms with Gasteiger partial charge >= 0.3 is 0 Å². The van der Waals surface area contributed by atoms with Gasteiger partial charge in [0.2, 0.25) is 0 Å². The van der Waals surface area contributed by atoms with Crippen molar-refractivity contribution in [3.05, 3.63) is 29.8 Å². The molecular weight excluding hydrogens is 260 g/mol. The maximum atomic E-state index is 5.63. The van der Waals surface area contributed by atoms with Crippen molar-refractivity contribution in [3.8, 4) is 5.75 Å². The van der Waals surface area contributed by atoms with Crippen molar-refractivity contribution < 1.29 is 4.74 Å². The van der Waals surface area contributed by atoms with Crippen LogP contribution < -0.4 is 10.1 Å². The summed E-state index contributed by atoms with van der Waals surface area (Å²) in [6, 6.07) is 10.1. The molecule has 0 aliphatic carbocycles. The zero-order chi connectivity index (χ0) is 14.5. The number of rotatable bonds is 6. The number of nitrogens with zero attached hydrogens (tertiary/aromatic N) is 1. The van der Waals surface area contributed by atoms with Crippen LogP contribution in [0.4, 0.5) is 0 Å². The van der Waals surface area contributed by atoms with Gasteiger partial charge in [-0.05, 0) is 62.9 Å². The highest BCUT2D eigenvalue weighted by Crippen LogP contribution is 2.27. The van der Waals surface area contributed by atoms with Crippen LogP contribution in [0.5, 0.6) is 5.75 Å². The maximum absolute atomic E-state index is 5.63. The molecule has 2 saturated heterocycles. The third kappa shape index (κ3) is 3.98. The van der Waals surface area contributed by atoms with Gasteiger partial charge in [0, 0.05) is 18.6 Å². The zero-order valence-corrected chi connectivity index (χ0v) is 13.2. The number of fused-ring (bicyclic) bond motifs is 1. The third-order valence-corrected chi connectivity index (χ3v) is 4.81. The first-order valence-corrected chi connectivity index (χ1v) is 8.54. The summed E-state index contributed by atoms with van der Waals surface area (Å²) in [5.74, 6) is 0.986. The van der Waals surface area contributed by atoms with E-state index < -0.39 is 0 Å². The Bertz CT molecular complexity index is 431. The van der Waals surface area contributed by atoms with Gasteiger partial charge in [-0.1, -0.05) is 19.1 Å². The lowest BCUT2D eigenvalue weighted by Crippen LogP contribution is -2.45. The normalized spacial score (nSPS) is 25.8. The van der Waals surface area contributed by atoms with Crippen molar-refractivity contribution in [3.63, 3.8) is 0 Å². The minimum absolute atomic E-state index is 0.695. The quantitative estimate of drug-likeness (QED) is 0.870. The van der Waals surface area contributed by atoms with E-state index >= 15 is 0 Å². The van der Waals surface area contributed by atoms with Crippen LogP contribution in [0.15, 0.2) is 24.3 Å². The van der Waals surface area contributed by atoms with Gasteiger partial charge in [-0.25, -0.2) is 0 Å². The summed E-state index contributed by atoms with van der Waals surface area (Å²) in [6.45, 7) is 6.53. The predicted molar refractivity (Wildman–Crippen MR) is 86.7 cm³/mol. The monoisotopic (exact) mass is 288 g/mol. The second-order valence-corrected chi connectivity index (χ2v) is 6.43. The number of nitrogens with one attached hydrogen (secondary N) is 1. The van der Waals surface area contributed by atoms with E-state index in [1.807, 2.05) is 0 Å². The first-order valence-electron chi connectivity index (χ1n) is 8.54. The van der Waals surface area contributed by atoms with Gasteiger partial charge in [0.15, 0.2) is 0 Å². The van der Waals surface area contributed by atoms with Crippen LogP contribution in [-0.2, 0) is 6.54 Å². The van der Waals surface area contributed by atoms with Crippen LogP contribution in [0.2, 0.25) is 0 Å². The fourth-order valence-electron chi connectivity index (χ4n) is 3.60. The number of piperidine rings is 1. The SMILES string of the molecule is CCCOc1ccc(CNC2CCN3CCCC3C2)cc1. The number of hydrogen-bond donors (Lipinski definition) is 1. The van der Waals surface area contributed by atoms with E-state index in [-0.39, 0.29) is 0 Å². The number of benzene rings is 1. The van der Waals surface area contributed by atoms with E-state index in [1.54, 1.807) is 0 Å². The van der Waals surface area contributed by atoms with Crippen molar-refractivity contribution in [2.24, 2.45) is 0 Å². The number of hydrogen-bond acceptors (Lipinski definition) is 3. The Hall–Kier alpha value is -1.06. The molecule has 2 heterocycles. The molecular formula is C18H28N2O. The smallest absolute Gasteiger partial charge is 0.119 e. The molecule has 2 unspecified atom stereocenters. The molecule has 3 nitrogen and oxygen atoms in total. The Labute approximate surface area is 128 Å². The Morgan fingerprint density at radius 1 is 1.19 bits per heavy atom. The van der Waals surface area contributed by atoms with Gasteiger partial charge in [0.25, 0.3) is 0 Å². The van der Waals surface area contributed by atoms with Crippen LogP contribution >= 0.6 is 0 Å². The molecule has 3 rings (SSSR count). The Morgan fingerprint density at radius 3 is 2.86 bits per heavy atom. The molecule has 21 heavy (non-hydrogen) atoms. The van der Waals surface area contributed by atoms with Gasteiger partial charge in [0.1, 0.15) is 5.75 Å².